The Balaban J connectivity index is 2.46. The Hall–Kier alpha value is -1.52. The summed E-state index contributed by atoms with van der Waals surface area (Å²) in [6, 6.07) is 8.47. The molecule has 0 saturated heterocycles. The Morgan fingerprint density at radius 1 is 1.05 bits per heavy atom. The van der Waals surface area contributed by atoms with Gasteiger partial charge in [0.2, 0.25) is 0 Å². The highest BCUT2D eigenvalue weighted by Gasteiger charge is 2.18. The monoisotopic (exact) mass is 305 g/mol. The Bertz CT molecular complexity index is 565. The molecule has 3 nitrogen and oxygen atoms in total. The molecule has 0 radical (unpaired) electrons. The van der Waals surface area contributed by atoms with Crippen LogP contribution in [0.2, 0.25) is 0 Å². The molecule has 2 rings (SSSR count). The van der Waals surface area contributed by atoms with Gasteiger partial charge in [-0.2, -0.15) is 0 Å². The third kappa shape index (κ3) is 3.57. The molecule has 1 N–H and O–H groups in total. The van der Waals surface area contributed by atoms with Gasteiger partial charge in [-0.1, -0.05) is 6.92 Å². The van der Waals surface area contributed by atoms with E-state index >= 15 is 0 Å². The van der Waals surface area contributed by atoms with Crippen molar-refractivity contribution in [3.63, 3.8) is 0 Å². The van der Waals surface area contributed by atoms with Crippen molar-refractivity contribution in [2.75, 3.05) is 20.8 Å². The van der Waals surface area contributed by atoms with Crippen LogP contribution in [0.15, 0.2) is 24.3 Å². The molecule has 114 valence electrons. The minimum Gasteiger partial charge on any atom is -0.497 e. The average molecular weight is 305 g/mol. The molecule has 0 saturated carbocycles. The van der Waals surface area contributed by atoms with Crippen LogP contribution < -0.4 is 14.8 Å². The van der Waals surface area contributed by atoms with Gasteiger partial charge in [0, 0.05) is 15.8 Å². The van der Waals surface area contributed by atoms with Gasteiger partial charge in [0.1, 0.15) is 11.5 Å². The first kappa shape index (κ1) is 15.9. The van der Waals surface area contributed by atoms with E-state index in [9.17, 15) is 0 Å². The minimum absolute atomic E-state index is 0.163. The van der Waals surface area contributed by atoms with Crippen molar-refractivity contribution in [2.45, 2.75) is 26.8 Å². The maximum atomic E-state index is 5.39. The van der Waals surface area contributed by atoms with Gasteiger partial charge in [-0.3, -0.25) is 0 Å². The average Bonchev–Trinajstić information content (AvgIpc) is 2.83. The Morgan fingerprint density at radius 2 is 1.67 bits per heavy atom. The molecule has 1 atom stereocenters. The number of ether oxygens (including phenoxy) is 2. The van der Waals surface area contributed by atoms with E-state index in [0.717, 1.165) is 23.6 Å². The van der Waals surface area contributed by atoms with Gasteiger partial charge >= 0.3 is 0 Å². The van der Waals surface area contributed by atoms with Crippen molar-refractivity contribution < 1.29 is 9.47 Å². The molecule has 2 aromatic rings. The van der Waals surface area contributed by atoms with Gasteiger partial charge in [0.15, 0.2) is 0 Å². The van der Waals surface area contributed by atoms with Crippen LogP contribution >= 0.6 is 11.3 Å². The van der Waals surface area contributed by atoms with E-state index in [0.29, 0.717) is 0 Å². The van der Waals surface area contributed by atoms with E-state index in [1.807, 2.05) is 17.4 Å². The van der Waals surface area contributed by atoms with E-state index in [-0.39, 0.29) is 6.04 Å². The summed E-state index contributed by atoms with van der Waals surface area (Å²) in [5.41, 5.74) is 2.50. The first-order valence-corrected chi connectivity index (χ1v) is 7.94. The van der Waals surface area contributed by atoms with Crippen LogP contribution in [0.4, 0.5) is 0 Å². The summed E-state index contributed by atoms with van der Waals surface area (Å²) in [6.07, 6.45) is 0. The number of nitrogens with one attached hydrogen (secondary N) is 1. The van der Waals surface area contributed by atoms with Crippen LogP contribution in [-0.4, -0.2) is 20.8 Å². The van der Waals surface area contributed by atoms with Crippen LogP contribution in [-0.2, 0) is 0 Å². The second-order valence-corrected chi connectivity index (χ2v) is 6.31. The lowest BCUT2D eigenvalue weighted by molar-refractivity contribution is 0.392. The summed E-state index contributed by atoms with van der Waals surface area (Å²) in [7, 11) is 3.36. The molecule has 4 heteroatoms. The smallest absolute Gasteiger partial charge is 0.122 e. The zero-order valence-corrected chi connectivity index (χ0v) is 14.1. The van der Waals surface area contributed by atoms with Crippen LogP contribution in [0, 0.1) is 13.8 Å². The zero-order chi connectivity index (χ0) is 15.4. The van der Waals surface area contributed by atoms with Crippen molar-refractivity contribution in [3.8, 4) is 11.5 Å². The summed E-state index contributed by atoms with van der Waals surface area (Å²) in [6.45, 7) is 7.35. The van der Waals surface area contributed by atoms with E-state index in [2.05, 4.69) is 44.3 Å². The number of thiophene rings is 1. The first-order valence-electron chi connectivity index (χ1n) is 7.12. The number of benzene rings is 1. The highest BCUT2D eigenvalue weighted by molar-refractivity contribution is 7.12. The van der Waals surface area contributed by atoms with Crippen LogP contribution in [0.3, 0.4) is 0 Å². The maximum absolute atomic E-state index is 5.39. The molecule has 0 amide bonds. The highest BCUT2D eigenvalue weighted by Crippen LogP contribution is 2.34. The number of rotatable bonds is 6. The Kier molecular flexibility index (Phi) is 5.26. The largest absolute Gasteiger partial charge is 0.497 e. The lowest BCUT2D eigenvalue weighted by Gasteiger charge is -2.18. The summed E-state index contributed by atoms with van der Waals surface area (Å²) in [5, 5.41) is 3.56. The summed E-state index contributed by atoms with van der Waals surface area (Å²) < 4.78 is 10.8. The molecular weight excluding hydrogens is 282 g/mol. The van der Waals surface area contributed by atoms with Gasteiger partial charge in [-0.25, -0.2) is 0 Å². The lowest BCUT2D eigenvalue weighted by Crippen LogP contribution is -2.21. The molecule has 0 fully saturated rings. The van der Waals surface area contributed by atoms with Gasteiger partial charge in [0.25, 0.3) is 0 Å². The van der Waals surface area contributed by atoms with Gasteiger partial charge < -0.3 is 14.8 Å². The van der Waals surface area contributed by atoms with Crippen LogP contribution in [0.1, 0.15) is 33.8 Å². The number of hydrogen-bond donors (Lipinski definition) is 1. The second-order valence-electron chi connectivity index (χ2n) is 5.02. The molecule has 0 aliphatic heterocycles. The quantitative estimate of drug-likeness (QED) is 0.872. The van der Waals surface area contributed by atoms with Crippen molar-refractivity contribution in [1.82, 2.24) is 5.32 Å². The fourth-order valence-electron chi connectivity index (χ4n) is 2.33. The second kappa shape index (κ2) is 6.96. The fourth-order valence-corrected chi connectivity index (χ4v) is 3.47. The molecular formula is C17H23NO2S. The topological polar surface area (TPSA) is 30.5 Å². The van der Waals surface area contributed by atoms with Crippen molar-refractivity contribution in [2.24, 2.45) is 0 Å². The lowest BCUT2D eigenvalue weighted by atomic mass is 10.0. The summed E-state index contributed by atoms with van der Waals surface area (Å²) >= 11 is 1.84. The molecule has 0 aliphatic rings. The Labute approximate surface area is 130 Å². The van der Waals surface area contributed by atoms with Crippen molar-refractivity contribution >= 4 is 11.3 Å². The molecule has 1 unspecified atom stereocenters. The predicted molar refractivity (Wildman–Crippen MR) is 88.9 cm³/mol. The van der Waals surface area contributed by atoms with Gasteiger partial charge in [0.05, 0.1) is 20.3 Å². The third-order valence-corrected chi connectivity index (χ3v) is 4.80. The van der Waals surface area contributed by atoms with Crippen molar-refractivity contribution in [3.05, 3.63) is 45.1 Å². The normalized spacial score (nSPS) is 12.2. The standard InChI is InChI=1S/C17H23NO2S/c1-6-18-17(16-7-11(2)12(3)21-16)13-8-14(19-4)10-15(9-13)20-5/h7-10,17-18H,6H2,1-5H3. The van der Waals surface area contributed by atoms with Crippen molar-refractivity contribution in [1.29, 1.82) is 0 Å². The molecule has 1 heterocycles. The third-order valence-electron chi connectivity index (χ3n) is 3.58. The van der Waals surface area contributed by atoms with E-state index in [4.69, 9.17) is 9.47 Å². The molecule has 1 aromatic carbocycles. The Morgan fingerprint density at radius 3 is 2.10 bits per heavy atom. The SMILES string of the molecule is CCNC(c1cc(OC)cc(OC)c1)c1cc(C)c(C)s1. The first-order chi connectivity index (χ1) is 10.1. The maximum Gasteiger partial charge on any atom is 0.122 e. The zero-order valence-electron chi connectivity index (χ0n) is 13.3. The van der Waals surface area contributed by atoms with E-state index in [1.54, 1.807) is 14.2 Å². The number of aryl methyl sites for hydroxylation is 2. The summed E-state index contributed by atoms with van der Waals surface area (Å²) in [4.78, 5) is 2.69. The fraction of sp³-hybridized carbons (Fsp3) is 0.412. The van der Waals surface area contributed by atoms with Gasteiger partial charge in [-0.15, -0.1) is 11.3 Å². The van der Waals surface area contributed by atoms with Gasteiger partial charge in [-0.05, 0) is 49.7 Å². The molecule has 21 heavy (non-hydrogen) atoms. The van der Waals surface area contributed by atoms with Crippen LogP contribution in [0.25, 0.3) is 0 Å². The number of hydrogen-bond acceptors (Lipinski definition) is 4. The van der Waals surface area contributed by atoms with Crippen LogP contribution in [0.5, 0.6) is 11.5 Å². The molecule has 0 aliphatic carbocycles. The highest BCUT2D eigenvalue weighted by atomic mass is 32.1. The molecule has 1 aromatic heterocycles. The number of methoxy groups -OCH3 is 2. The minimum atomic E-state index is 0.163. The molecule has 0 spiro atoms. The predicted octanol–water partition coefficient (Wildman–Crippen LogP) is 4.08. The van der Waals surface area contributed by atoms with E-state index < -0.39 is 0 Å². The molecule has 0 bridgehead atoms. The summed E-state index contributed by atoms with van der Waals surface area (Å²) in [5.74, 6) is 1.63. The van der Waals surface area contributed by atoms with E-state index in [1.165, 1.54) is 15.3 Å².